The maximum atomic E-state index is 13.5. The summed E-state index contributed by atoms with van der Waals surface area (Å²) in [6.45, 7) is 5.21. The number of hydrogen-bond acceptors (Lipinski definition) is 2. The number of hydrogen-bond donors (Lipinski definition) is 0. The number of halogens is 2. The van der Waals surface area contributed by atoms with Crippen molar-refractivity contribution in [3.05, 3.63) is 34.1 Å². The summed E-state index contributed by atoms with van der Waals surface area (Å²) in [5.74, 6) is -1.27. The van der Waals surface area contributed by atoms with Crippen LogP contribution in [0.5, 0.6) is 0 Å². The van der Waals surface area contributed by atoms with Crippen LogP contribution in [0, 0.1) is 11.2 Å². The summed E-state index contributed by atoms with van der Waals surface area (Å²) in [4.78, 5) is 23.4. The minimum absolute atomic E-state index is 0.0363. The van der Waals surface area contributed by atoms with Gasteiger partial charge in [-0.2, -0.15) is 0 Å². The molecule has 17 heavy (non-hydrogen) atoms. The molecule has 2 nitrogen and oxygen atoms in total. The topological polar surface area (TPSA) is 34.1 Å². The third kappa shape index (κ3) is 3.73. The van der Waals surface area contributed by atoms with E-state index in [1.807, 2.05) is 0 Å². The van der Waals surface area contributed by atoms with E-state index in [4.69, 9.17) is 0 Å². The Labute approximate surface area is 108 Å². The Morgan fingerprint density at radius 1 is 1.29 bits per heavy atom. The van der Waals surface area contributed by atoms with E-state index >= 15 is 0 Å². The van der Waals surface area contributed by atoms with Crippen molar-refractivity contribution in [1.82, 2.24) is 0 Å². The van der Waals surface area contributed by atoms with Crippen LogP contribution >= 0.6 is 15.9 Å². The molecule has 0 amide bonds. The second kappa shape index (κ2) is 5.08. The van der Waals surface area contributed by atoms with Crippen molar-refractivity contribution in [2.75, 3.05) is 0 Å². The predicted octanol–water partition coefficient (Wildman–Crippen LogP) is 3.78. The molecule has 0 bridgehead atoms. The molecule has 0 fully saturated rings. The summed E-state index contributed by atoms with van der Waals surface area (Å²) in [7, 11) is 0. The van der Waals surface area contributed by atoms with Gasteiger partial charge in [-0.25, -0.2) is 4.39 Å². The first-order valence-electron chi connectivity index (χ1n) is 5.23. The van der Waals surface area contributed by atoms with Crippen molar-refractivity contribution >= 4 is 27.5 Å². The molecule has 0 aliphatic carbocycles. The lowest BCUT2D eigenvalue weighted by atomic mass is 9.87. The number of rotatable bonds is 3. The van der Waals surface area contributed by atoms with Gasteiger partial charge in [-0.15, -0.1) is 0 Å². The lowest BCUT2D eigenvalue weighted by Gasteiger charge is -2.15. The number of Topliss-reactive ketones (excluding diaryl/α,β-unsaturated/α-hetero) is 2. The van der Waals surface area contributed by atoms with Crippen LogP contribution in [0.3, 0.4) is 0 Å². The first-order valence-corrected chi connectivity index (χ1v) is 6.02. The molecule has 0 aromatic heterocycles. The summed E-state index contributed by atoms with van der Waals surface area (Å²) < 4.78 is 14.0. The highest BCUT2D eigenvalue weighted by atomic mass is 79.9. The second-order valence-electron chi connectivity index (χ2n) is 4.90. The molecule has 0 atom stereocenters. The molecule has 1 aromatic rings. The maximum Gasteiger partial charge on any atom is 0.173 e. The van der Waals surface area contributed by atoms with Crippen LogP contribution < -0.4 is 0 Å². The molecule has 1 aromatic carbocycles. The van der Waals surface area contributed by atoms with Gasteiger partial charge < -0.3 is 0 Å². The first kappa shape index (κ1) is 14.0. The van der Waals surface area contributed by atoms with E-state index in [9.17, 15) is 14.0 Å². The highest BCUT2D eigenvalue weighted by Gasteiger charge is 2.25. The Morgan fingerprint density at radius 3 is 2.35 bits per heavy atom. The Bertz CT molecular complexity index is 461. The lowest BCUT2D eigenvalue weighted by Crippen LogP contribution is -2.23. The average molecular weight is 301 g/mol. The number of ketones is 2. The first-order chi connectivity index (χ1) is 7.71. The van der Waals surface area contributed by atoms with Crippen LogP contribution in [0.2, 0.25) is 0 Å². The minimum Gasteiger partial charge on any atom is -0.299 e. The van der Waals surface area contributed by atoms with Crippen molar-refractivity contribution in [3.8, 4) is 0 Å². The Kier molecular flexibility index (Phi) is 4.20. The van der Waals surface area contributed by atoms with Crippen molar-refractivity contribution < 1.29 is 14.0 Å². The van der Waals surface area contributed by atoms with Gasteiger partial charge >= 0.3 is 0 Å². The van der Waals surface area contributed by atoms with Crippen LogP contribution in [-0.4, -0.2) is 11.6 Å². The lowest BCUT2D eigenvalue weighted by molar-refractivity contribution is -0.125. The minimum atomic E-state index is -0.605. The standard InChI is InChI=1S/C13H14BrFO2/c1-13(2,3)12(17)7-11(16)9-5-4-8(14)6-10(9)15/h4-6H,7H2,1-3H3. The van der Waals surface area contributed by atoms with E-state index < -0.39 is 17.0 Å². The van der Waals surface area contributed by atoms with E-state index in [-0.39, 0.29) is 17.8 Å². The van der Waals surface area contributed by atoms with Gasteiger partial charge in [0.2, 0.25) is 0 Å². The summed E-state index contributed by atoms with van der Waals surface area (Å²) in [5, 5.41) is 0. The number of carbonyl (C=O) groups is 2. The molecule has 4 heteroatoms. The van der Waals surface area contributed by atoms with Crippen molar-refractivity contribution in [1.29, 1.82) is 0 Å². The van der Waals surface area contributed by atoms with Crippen LogP contribution in [0.1, 0.15) is 37.6 Å². The Hall–Kier alpha value is -1.03. The summed E-state index contributed by atoms with van der Waals surface area (Å²) >= 11 is 3.11. The van der Waals surface area contributed by atoms with Crippen LogP contribution in [0.4, 0.5) is 4.39 Å². The molecule has 0 unspecified atom stereocenters. The highest BCUT2D eigenvalue weighted by Crippen LogP contribution is 2.21. The fourth-order valence-electron chi connectivity index (χ4n) is 1.22. The smallest absolute Gasteiger partial charge is 0.173 e. The normalized spacial score (nSPS) is 11.4. The van der Waals surface area contributed by atoms with E-state index in [0.717, 1.165) is 0 Å². The van der Waals surface area contributed by atoms with E-state index in [2.05, 4.69) is 15.9 Å². The van der Waals surface area contributed by atoms with E-state index in [1.165, 1.54) is 12.1 Å². The Morgan fingerprint density at radius 2 is 1.88 bits per heavy atom. The zero-order valence-corrected chi connectivity index (χ0v) is 11.6. The van der Waals surface area contributed by atoms with Crippen molar-refractivity contribution in [2.24, 2.45) is 5.41 Å². The van der Waals surface area contributed by atoms with Gasteiger partial charge in [0.05, 0.1) is 12.0 Å². The van der Waals surface area contributed by atoms with Crippen molar-refractivity contribution in [2.45, 2.75) is 27.2 Å². The largest absolute Gasteiger partial charge is 0.299 e. The van der Waals surface area contributed by atoms with Gasteiger partial charge in [0.1, 0.15) is 11.6 Å². The molecule has 0 spiro atoms. The van der Waals surface area contributed by atoms with Gasteiger partial charge in [0.25, 0.3) is 0 Å². The summed E-state index contributed by atoms with van der Waals surface area (Å²) in [5.41, 5.74) is -0.618. The molecular weight excluding hydrogens is 287 g/mol. The molecule has 0 aliphatic heterocycles. The van der Waals surface area contributed by atoms with Gasteiger partial charge in [0, 0.05) is 9.89 Å². The number of carbonyl (C=O) groups excluding carboxylic acids is 2. The monoisotopic (exact) mass is 300 g/mol. The maximum absolute atomic E-state index is 13.5. The van der Waals surface area contributed by atoms with Crippen LogP contribution in [0.15, 0.2) is 22.7 Å². The van der Waals surface area contributed by atoms with E-state index in [0.29, 0.717) is 4.47 Å². The van der Waals surface area contributed by atoms with Gasteiger partial charge in [0.15, 0.2) is 5.78 Å². The molecule has 0 heterocycles. The zero-order valence-electron chi connectivity index (χ0n) is 10.0. The SMILES string of the molecule is CC(C)(C)C(=O)CC(=O)c1ccc(Br)cc1F. The van der Waals surface area contributed by atoms with Gasteiger partial charge in [-0.1, -0.05) is 36.7 Å². The quantitative estimate of drug-likeness (QED) is 0.629. The van der Waals surface area contributed by atoms with Gasteiger partial charge in [-0.3, -0.25) is 9.59 Å². The van der Waals surface area contributed by atoms with Gasteiger partial charge in [-0.05, 0) is 18.2 Å². The highest BCUT2D eigenvalue weighted by molar-refractivity contribution is 9.10. The average Bonchev–Trinajstić information content (AvgIpc) is 2.15. The molecule has 0 saturated carbocycles. The Balaban J connectivity index is 2.88. The summed E-state index contributed by atoms with van der Waals surface area (Å²) in [6.07, 6.45) is -0.262. The second-order valence-corrected chi connectivity index (χ2v) is 5.81. The molecular formula is C13H14BrFO2. The third-order valence-electron chi connectivity index (χ3n) is 2.39. The molecule has 0 saturated heterocycles. The fourth-order valence-corrected chi connectivity index (χ4v) is 1.55. The molecule has 0 radical (unpaired) electrons. The van der Waals surface area contributed by atoms with Crippen LogP contribution in [-0.2, 0) is 4.79 Å². The number of benzene rings is 1. The molecule has 0 N–H and O–H groups in total. The molecule has 1 rings (SSSR count). The molecule has 92 valence electrons. The van der Waals surface area contributed by atoms with E-state index in [1.54, 1.807) is 26.8 Å². The fraction of sp³-hybridized carbons (Fsp3) is 0.385. The van der Waals surface area contributed by atoms with Crippen molar-refractivity contribution in [3.63, 3.8) is 0 Å². The predicted molar refractivity (Wildman–Crippen MR) is 67.5 cm³/mol. The summed E-state index contributed by atoms with van der Waals surface area (Å²) in [6, 6.07) is 4.18. The van der Waals surface area contributed by atoms with Crippen LogP contribution in [0.25, 0.3) is 0 Å². The third-order valence-corrected chi connectivity index (χ3v) is 2.88. The molecule has 0 aliphatic rings. The zero-order chi connectivity index (χ0) is 13.2.